The van der Waals surface area contributed by atoms with Crippen LogP contribution >= 0.6 is 11.6 Å². The van der Waals surface area contributed by atoms with Gasteiger partial charge < -0.3 is 19.2 Å². The number of hydrogen-bond donors (Lipinski definition) is 1. The third-order valence-corrected chi connectivity index (χ3v) is 8.35. The van der Waals surface area contributed by atoms with Crippen LogP contribution in [0.5, 0.6) is 0 Å². The Kier molecular flexibility index (Phi) is 5.96. The summed E-state index contributed by atoms with van der Waals surface area (Å²) in [4.78, 5) is 29.4. The van der Waals surface area contributed by atoms with E-state index < -0.39 is 5.54 Å². The maximum atomic E-state index is 13.9. The zero-order valence-corrected chi connectivity index (χ0v) is 20.8. The molecule has 6 nitrogen and oxygen atoms in total. The standard InChI is InChI=1S/C27H32ClN3O3/c1-17-5-4-6-21(18(17)2)29-26(33)27(3)16-30-22-12-14-34-24(22)15-23(30)25(32)31(27)13-11-19-7-9-20(28)10-8-19/h7-10,12,14-15,17-18,21H,4-6,11,13,16H2,1-3H3,(H,29,33)/t17-,18-,21+,27+/m1/s1. The number of fused-ring (bicyclic) bond motifs is 3. The Bertz CT molecular complexity index is 1210. The second kappa shape index (κ2) is 8.81. The zero-order valence-electron chi connectivity index (χ0n) is 20.0. The fourth-order valence-electron chi connectivity index (χ4n) is 5.62. The molecular weight excluding hydrogens is 450 g/mol. The molecule has 0 unspecified atom stereocenters. The maximum absolute atomic E-state index is 13.9. The van der Waals surface area contributed by atoms with Gasteiger partial charge >= 0.3 is 0 Å². The normalized spacial score (nSPS) is 27.1. The molecule has 2 aliphatic rings. The quantitative estimate of drug-likeness (QED) is 0.538. The van der Waals surface area contributed by atoms with E-state index in [0.717, 1.165) is 23.9 Å². The summed E-state index contributed by atoms with van der Waals surface area (Å²) in [7, 11) is 0. The van der Waals surface area contributed by atoms with E-state index in [9.17, 15) is 9.59 Å². The smallest absolute Gasteiger partial charge is 0.271 e. The first-order chi connectivity index (χ1) is 16.3. The van der Waals surface area contributed by atoms with Gasteiger partial charge in [0.05, 0.1) is 18.3 Å². The molecule has 1 saturated carbocycles. The van der Waals surface area contributed by atoms with Gasteiger partial charge in [-0.05, 0) is 49.3 Å². The number of carbonyl (C=O) groups is 2. The van der Waals surface area contributed by atoms with Crippen molar-refractivity contribution in [2.24, 2.45) is 11.8 Å². The van der Waals surface area contributed by atoms with Crippen LogP contribution in [0.1, 0.15) is 56.1 Å². The molecule has 7 heteroatoms. The highest BCUT2D eigenvalue weighted by Gasteiger charge is 2.48. The molecule has 0 radical (unpaired) electrons. The fourth-order valence-corrected chi connectivity index (χ4v) is 5.75. The predicted octanol–water partition coefficient (Wildman–Crippen LogP) is 5.29. The molecule has 4 atom stereocenters. The molecule has 180 valence electrons. The minimum Gasteiger partial charge on any atom is -0.463 e. The molecule has 0 spiro atoms. The summed E-state index contributed by atoms with van der Waals surface area (Å²) < 4.78 is 7.50. The van der Waals surface area contributed by atoms with Gasteiger partial charge in [-0.1, -0.05) is 50.4 Å². The molecule has 34 heavy (non-hydrogen) atoms. The Morgan fingerprint density at radius 3 is 2.74 bits per heavy atom. The van der Waals surface area contributed by atoms with Crippen molar-refractivity contribution in [2.75, 3.05) is 6.54 Å². The molecule has 3 aromatic rings. The lowest BCUT2D eigenvalue weighted by Crippen LogP contribution is -2.65. The van der Waals surface area contributed by atoms with Crippen LogP contribution in [0.2, 0.25) is 5.02 Å². The Hall–Kier alpha value is -2.73. The lowest BCUT2D eigenvalue weighted by molar-refractivity contribution is -0.134. The van der Waals surface area contributed by atoms with Crippen molar-refractivity contribution in [2.45, 2.75) is 64.6 Å². The van der Waals surface area contributed by atoms with E-state index in [4.69, 9.17) is 16.0 Å². The van der Waals surface area contributed by atoms with Crippen LogP contribution in [0.3, 0.4) is 0 Å². The number of rotatable bonds is 5. The monoisotopic (exact) mass is 481 g/mol. The minimum absolute atomic E-state index is 0.0844. The van der Waals surface area contributed by atoms with Crippen molar-refractivity contribution in [3.05, 3.63) is 58.9 Å². The van der Waals surface area contributed by atoms with Crippen molar-refractivity contribution >= 4 is 34.5 Å². The molecule has 1 aliphatic carbocycles. The maximum Gasteiger partial charge on any atom is 0.271 e. The van der Waals surface area contributed by atoms with E-state index >= 15 is 0 Å². The summed E-state index contributed by atoms with van der Waals surface area (Å²) >= 11 is 6.04. The van der Waals surface area contributed by atoms with Crippen molar-refractivity contribution < 1.29 is 14.0 Å². The molecule has 1 N–H and O–H groups in total. The number of carbonyl (C=O) groups excluding carboxylic acids is 2. The average Bonchev–Trinajstić information content (AvgIpc) is 3.40. The van der Waals surface area contributed by atoms with Crippen LogP contribution < -0.4 is 5.32 Å². The third kappa shape index (κ3) is 3.92. The summed E-state index contributed by atoms with van der Waals surface area (Å²) in [5.41, 5.74) is 2.14. The van der Waals surface area contributed by atoms with Gasteiger partial charge in [-0.2, -0.15) is 0 Å². The Morgan fingerprint density at radius 1 is 1.21 bits per heavy atom. The van der Waals surface area contributed by atoms with Crippen molar-refractivity contribution in [3.8, 4) is 0 Å². The van der Waals surface area contributed by atoms with Gasteiger partial charge in [0.15, 0.2) is 5.58 Å². The predicted molar refractivity (Wildman–Crippen MR) is 133 cm³/mol. The van der Waals surface area contributed by atoms with E-state index in [1.807, 2.05) is 41.8 Å². The van der Waals surface area contributed by atoms with E-state index in [1.54, 1.807) is 17.2 Å². The molecule has 1 aromatic carbocycles. The van der Waals surface area contributed by atoms with Gasteiger partial charge in [-0.15, -0.1) is 0 Å². The van der Waals surface area contributed by atoms with Gasteiger partial charge in [-0.3, -0.25) is 9.59 Å². The fraction of sp³-hybridized carbons (Fsp3) is 0.481. The van der Waals surface area contributed by atoms with Crippen molar-refractivity contribution in [3.63, 3.8) is 0 Å². The summed E-state index contributed by atoms with van der Waals surface area (Å²) in [5, 5.41) is 4.02. The number of amides is 2. The Labute approximate surface area is 205 Å². The molecule has 1 aliphatic heterocycles. The molecule has 3 heterocycles. The lowest BCUT2D eigenvalue weighted by Gasteiger charge is -2.45. The molecular formula is C27H32ClN3O3. The molecule has 1 fully saturated rings. The Morgan fingerprint density at radius 2 is 1.97 bits per heavy atom. The van der Waals surface area contributed by atoms with E-state index in [-0.39, 0.29) is 17.9 Å². The molecule has 5 rings (SSSR count). The van der Waals surface area contributed by atoms with Crippen LogP contribution in [0.4, 0.5) is 0 Å². The topological polar surface area (TPSA) is 67.5 Å². The first-order valence-electron chi connectivity index (χ1n) is 12.2. The number of furan rings is 1. The molecule has 0 saturated heterocycles. The third-order valence-electron chi connectivity index (χ3n) is 8.10. The van der Waals surface area contributed by atoms with Crippen LogP contribution in [0, 0.1) is 11.8 Å². The summed E-state index contributed by atoms with van der Waals surface area (Å²) in [6.45, 7) is 7.21. The van der Waals surface area contributed by atoms with Crippen LogP contribution in [0.25, 0.3) is 11.1 Å². The van der Waals surface area contributed by atoms with E-state index in [1.165, 1.54) is 6.42 Å². The minimum atomic E-state index is -1.01. The first-order valence-corrected chi connectivity index (χ1v) is 12.6. The van der Waals surface area contributed by atoms with Crippen molar-refractivity contribution in [1.29, 1.82) is 0 Å². The number of hydrogen-bond acceptors (Lipinski definition) is 3. The molecule has 0 bridgehead atoms. The number of nitrogens with one attached hydrogen (secondary N) is 1. The molecule has 2 amide bonds. The van der Waals surface area contributed by atoms with E-state index in [0.29, 0.717) is 47.6 Å². The number of nitrogens with zero attached hydrogens (tertiary/aromatic N) is 2. The SMILES string of the molecule is C[C@@H]1[C@H](C)CCC[C@@H]1NC(=O)[C@]1(C)Cn2c(cc3occc32)C(=O)N1CCc1ccc(Cl)cc1. The second-order valence-corrected chi connectivity index (χ2v) is 10.7. The van der Waals surface area contributed by atoms with Gasteiger partial charge in [0, 0.05) is 29.7 Å². The van der Waals surface area contributed by atoms with Crippen LogP contribution in [0.15, 0.2) is 47.1 Å². The lowest BCUT2D eigenvalue weighted by atomic mass is 9.77. The van der Waals surface area contributed by atoms with Gasteiger partial charge in [0.25, 0.3) is 5.91 Å². The first kappa shape index (κ1) is 23.0. The number of benzene rings is 1. The van der Waals surface area contributed by atoms with Gasteiger partial charge in [-0.25, -0.2) is 0 Å². The average molecular weight is 482 g/mol. The highest BCUT2D eigenvalue weighted by Crippen LogP contribution is 2.35. The highest BCUT2D eigenvalue weighted by molar-refractivity contribution is 6.30. The second-order valence-electron chi connectivity index (χ2n) is 10.2. The van der Waals surface area contributed by atoms with Crippen LogP contribution in [-0.4, -0.2) is 39.4 Å². The molecule has 2 aromatic heterocycles. The zero-order chi connectivity index (χ0) is 24.0. The van der Waals surface area contributed by atoms with Crippen molar-refractivity contribution in [1.82, 2.24) is 14.8 Å². The van der Waals surface area contributed by atoms with Gasteiger partial charge in [0.2, 0.25) is 5.91 Å². The number of aromatic nitrogens is 1. The summed E-state index contributed by atoms with van der Waals surface area (Å²) in [5.74, 6) is 0.751. The van der Waals surface area contributed by atoms with E-state index in [2.05, 4.69) is 19.2 Å². The Balaban J connectivity index is 1.46. The highest BCUT2D eigenvalue weighted by atomic mass is 35.5. The number of halogens is 1. The summed E-state index contributed by atoms with van der Waals surface area (Å²) in [6, 6.07) is 11.4. The largest absolute Gasteiger partial charge is 0.463 e. The van der Waals surface area contributed by atoms with Crippen LogP contribution in [-0.2, 0) is 17.8 Å². The van der Waals surface area contributed by atoms with Gasteiger partial charge in [0.1, 0.15) is 11.2 Å². The summed E-state index contributed by atoms with van der Waals surface area (Å²) in [6.07, 6.45) is 5.55.